The molecule has 1 aromatic rings. The summed E-state index contributed by atoms with van der Waals surface area (Å²) in [6, 6.07) is 7.68. The summed E-state index contributed by atoms with van der Waals surface area (Å²) < 4.78 is 0. The lowest BCUT2D eigenvalue weighted by Gasteiger charge is -2.16. The number of carbonyl (C=O) groups is 3. The summed E-state index contributed by atoms with van der Waals surface area (Å²) in [7, 11) is 0. The van der Waals surface area contributed by atoms with Gasteiger partial charge in [0.05, 0.1) is 6.54 Å². The number of nitrogens with one attached hydrogen (secondary N) is 2. The molecule has 0 bridgehead atoms. The van der Waals surface area contributed by atoms with E-state index in [0.29, 0.717) is 31.0 Å². The van der Waals surface area contributed by atoms with Crippen LogP contribution in [0.4, 0.5) is 0 Å². The van der Waals surface area contributed by atoms with E-state index in [2.05, 4.69) is 10.6 Å². The Hall–Kier alpha value is -2.21. The first-order chi connectivity index (χ1) is 13.1. The van der Waals surface area contributed by atoms with Gasteiger partial charge in [-0.15, -0.1) is 0 Å². The van der Waals surface area contributed by atoms with Crippen LogP contribution in [0.1, 0.15) is 67.3 Å². The standard InChI is InChI=1S/C21H29N3O3/c25-19-11-12-20(26)24(19)15-16-7-9-17(10-8-16)21(27)23-14-13-22-18-5-3-1-2-4-6-18/h7-10,18,22H,1-6,11-15H2,(H,23,27). The van der Waals surface area contributed by atoms with E-state index in [-0.39, 0.29) is 24.3 Å². The third-order valence-electron chi connectivity index (χ3n) is 5.41. The molecule has 0 radical (unpaired) electrons. The molecule has 2 fully saturated rings. The summed E-state index contributed by atoms with van der Waals surface area (Å²) in [4.78, 5) is 36.9. The van der Waals surface area contributed by atoms with Crippen LogP contribution in [0.3, 0.4) is 0 Å². The van der Waals surface area contributed by atoms with E-state index in [1.165, 1.54) is 43.4 Å². The fraction of sp³-hybridized carbons (Fsp3) is 0.571. The fourth-order valence-corrected chi connectivity index (χ4v) is 3.78. The van der Waals surface area contributed by atoms with Gasteiger partial charge in [0.2, 0.25) is 11.8 Å². The number of likely N-dealkylation sites (tertiary alicyclic amines) is 1. The molecular formula is C21H29N3O3. The number of nitrogens with zero attached hydrogens (tertiary/aromatic N) is 1. The van der Waals surface area contributed by atoms with E-state index in [4.69, 9.17) is 0 Å². The molecule has 146 valence electrons. The van der Waals surface area contributed by atoms with Crippen LogP contribution >= 0.6 is 0 Å². The average molecular weight is 371 g/mol. The van der Waals surface area contributed by atoms with Crippen molar-refractivity contribution in [1.29, 1.82) is 0 Å². The summed E-state index contributed by atoms with van der Waals surface area (Å²) in [6.45, 7) is 1.67. The van der Waals surface area contributed by atoms with Crippen LogP contribution in [-0.4, -0.2) is 41.8 Å². The molecule has 0 aromatic heterocycles. The van der Waals surface area contributed by atoms with Crippen molar-refractivity contribution in [3.8, 4) is 0 Å². The van der Waals surface area contributed by atoms with E-state index in [0.717, 1.165) is 12.1 Å². The molecular weight excluding hydrogens is 342 g/mol. The number of benzene rings is 1. The zero-order chi connectivity index (χ0) is 19.1. The highest BCUT2D eigenvalue weighted by atomic mass is 16.2. The Balaban J connectivity index is 1.40. The third-order valence-corrected chi connectivity index (χ3v) is 5.41. The minimum atomic E-state index is -0.122. The molecule has 1 heterocycles. The number of hydrogen-bond donors (Lipinski definition) is 2. The van der Waals surface area contributed by atoms with Crippen LogP contribution < -0.4 is 10.6 Å². The molecule has 1 aromatic carbocycles. The fourth-order valence-electron chi connectivity index (χ4n) is 3.78. The Morgan fingerprint density at radius 1 is 0.926 bits per heavy atom. The van der Waals surface area contributed by atoms with Gasteiger partial charge in [-0.2, -0.15) is 0 Å². The SMILES string of the molecule is O=C(NCCNC1CCCCCC1)c1ccc(CN2C(=O)CCC2=O)cc1. The predicted octanol–water partition coefficient (Wildman–Crippen LogP) is 2.38. The lowest BCUT2D eigenvalue weighted by Crippen LogP contribution is -2.36. The lowest BCUT2D eigenvalue weighted by molar-refractivity contribution is -0.139. The summed E-state index contributed by atoms with van der Waals surface area (Å²) in [5.74, 6) is -0.344. The van der Waals surface area contributed by atoms with Crippen molar-refractivity contribution >= 4 is 17.7 Å². The first kappa shape index (κ1) is 19.5. The zero-order valence-corrected chi connectivity index (χ0v) is 15.8. The highest BCUT2D eigenvalue weighted by Crippen LogP contribution is 2.17. The number of amides is 3. The summed E-state index contributed by atoms with van der Waals surface area (Å²) in [5, 5.41) is 6.48. The molecule has 6 heteroatoms. The highest BCUT2D eigenvalue weighted by molar-refractivity contribution is 6.01. The van der Waals surface area contributed by atoms with Crippen molar-refractivity contribution in [2.24, 2.45) is 0 Å². The Morgan fingerprint density at radius 3 is 2.19 bits per heavy atom. The minimum Gasteiger partial charge on any atom is -0.351 e. The van der Waals surface area contributed by atoms with Crippen LogP contribution in [0.2, 0.25) is 0 Å². The van der Waals surface area contributed by atoms with E-state index < -0.39 is 0 Å². The Kier molecular flexibility index (Phi) is 6.98. The maximum absolute atomic E-state index is 12.3. The molecule has 6 nitrogen and oxygen atoms in total. The van der Waals surface area contributed by atoms with Gasteiger partial charge in [0.15, 0.2) is 0 Å². The van der Waals surface area contributed by atoms with Crippen LogP contribution in [0, 0.1) is 0 Å². The Labute approximate surface area is 160 Å². The van der Waals surface area contributed by atoms with Crippen molar-refractivity contribution < 1.29 is 14.4 Å². The average Bonchev–Trinajstić information content (AvgIpc) is 2.88. The minimum absolute atomic E-state index is 0.0995. The van der Waals surface area contributed by atoms with Crippen molar-refractivity contribution in [3.05, 3.63) is 35.4 Å². The van der Waals surface area contributed by atoms with Crippen molar-refractivity contribution in [3.63, 3.8) is 0 Å². The van der Waals surface area contributed by atoms with Gasteiger partial charge in [-0.1, -0.05) is 37.8 Å². The topological polar surface area (TPSA) is 78.5 Å². The van der Waals surface area contributed by atoms with E-state index in [1.807, 2.05) is 0 Å². The second kappa shape index (κ2) is 9.65. The normalized spacial score (nSPS) is 18.6. The first-order valence-electron chi connectivity index (χ1n) is 10.1. The highest BCUT2D eigenvalue weighted by Gasteiger charge is 2.28. The van der Waals surface area contributed by atoms with Crippen LogP contribution in [-0.2, 0) is 16.1 Å². The maximum Gasteiger partial charge on any atom is 0.251 e. The largest absolute Gasteiger partial charge is 0.351 e. The van der Waals surface area contributed by atoms with Gasteiger partial charge in [0, 0.05) is 37.5 Å². The lowest BCUT2D eigenvalue weighted by atomic mass is 10.1. The van der Waals surface area contributed by atoms with Gasteiger partial charge in [-0.3, -0.25) is 19.3 Å². The van der Waals surface area contributed by atoms with Gasteiger partial charge >= 0.3 is 0 Å². The van der Waals surface area contributed by atoms with Gasteiger partial charge in [0.1, 0.15) is 0 Å². The number of carbonyl (C=O) groups excluding carboxylic acids is 3. The maximum atomic E-state index is 12.3. The molecule has 0 unspecified atom stereocenters. The molecule has 1 aliphatic heterocycles. The summed E-state index contributed by atoms with van der Waals surface area (Å²) in [5.41, 5.74) is 1.44. The predicted molar refractivity (Wildman–Crippen MR) is 103 cm³/mol. The van der Waals surface area contributed by atoms with Crippen molar-refractivity contribution in [2.45, 2.75) is 64.0 Å². The van der Waals surface area contributed by atoms with Crippen LogP contribution in [0.25, 0.3) is 0 Å². The molecule has 1 saturated heterocycles. The van der Waals surface area contributed by atoms with Gasteiger partial charge < -0.3 is 10.6 Å². The van der Waals surface area contributed by atoms with E-state index in [9.17, 15) is 14.4 Å². The summed E-state index contributed by atoms with van der Waals surface area (Å²) >= 11 is 0. The second-order valence-corrected chi connectivity index (χ2v) is 7.47. The molecule has 2 N–H and O–H groups in total. The van der Waals surface area contributed by atoms with Gasteiger partial charge in [0.25, 0.3) is 5.91 Å². The molecule has 0 spiro atoms. The van der Waals surface area contributed by atoms with Gasteiger partial charge in [-0.25, -0.2) is 0 Å². The number of hydrogen-bond acceptors (Lipinski definition) is 4. The molecule has 3 amide bonds. The van der Waals surface area contributed by atoms with Crippen LogP contribution in [0.15, 0.2) is 24.3 Å². The monoisotopic (exact) mass is 371 g/mol. The molecule has 27 heavy (non-hydrogen) atoms. The van der Waals surface area contributed by atoms with Crippen molar-refractivity contribution in [1.82, 2.24) is 15.5 Å². The van der Waals surface area contributed by atoms with E-state index >= 15 is 0 Å². The third kappa shape index (κ3) is 5.63. The Morgan fingerprint density at radius 2 is 1.56 bits per heavy atom. The molecule has 1 aliphatic carbocycles. The summed E-state index contributed by atoms with van der Waals surface area (Å²) in [6.07, 6.45) is 8.34. The number of rotatable bonds is 7. The quantitative estimate of drug-likeness (QED) is 0.438. The second-order valence-electron chi connectivity index (χ2n) is 7.47. The van der Waals surface area contributed by atoms with Crippen molar-refractivity contribution in [2.75, 3.05) is 13.1 Å². The zero-order valence-electron chi connectivity index (χ0n) is 15.8. The first-order valence-corrected chi connectivity index (χ1v) is 10.1. The Bertz CT molecular complexity index is 648. The smallest absolute Gasteiger partial charge is 0.251 e. The van der Waals surface area contributed by atoms with Gasteiger partial charge in [-0.05, 0) is 30.5 Å². The molecule has 3 rings (SSSR count). The van der Waals surface area contributed by atoms with E-state index in [1.54, 1.807) is 24.3 Å². The number of imide groups is 1. The molecule has 0 atom stereocenters. The molecule has 1 saturated carbocycles. The molecule has 2 aliphatic rings. The van der Waals surface area contributed by atoms with Crippen LogP contribution in [0.5, 0.6) is 0 Å².